The monoisotopic (exact) mass is 191 g/mol. The van der Waals surface area contributed by atoms with Crippen LogP contribution in [0.5, 0.6) is 5.75 Å². The summed E-state index contributed by atoms with van der Waals surface area (Å²) in [5, 5.41) is 3.36. The minimum atomic E-state index is 0.524. The van der Waals surface area contributed by atoms with E-state index in [0.717, 1.165) is 18.7 Å². The maximum atomic E-state index is 5.51. The van der Waals surface area contributed by atoms with Gasteiger partial charge in [0.2, 0.25) is 0 Å². The lowest BCUT2D eigenvalue weighted by atomic mass is 9.98. The number of benzene rings is 1. The minimum absolute atomic E-state index is 0.524. The molecule has 2 nitrogen and oxygen atoms in total. The Kier molecular flexibility index (Phi) is 2.36. The smallest absolute Gasteiger partial charge is 0.127 e. The maximum absolute atomic E-state index is 5.51. The van der Waals surface area contributed by atoms with Crippen molar-refractivity contribution in [2.75, 3.05) is 19.0 Å². The first-order chi connectivity index (χ1) is 6.74. The van der Waals surface area contributed by atoms with Crippen LogP contribution in [-0.2, 0) is 6.42 Å². The molecule has 0 spiro atoms. The van der Waals surface area contributed by atoms with Gasteiger partial charge in [-0.25, -0.2) is 0 Å². The van der Waals surface area contributed by atoms with Gasteiger partial charge < -0.3 is 10.1 Å². The molecule has 0 atom stereocenters. The van der Waals surface area contributed by atoms with Crippen LogP contribution < -0.4 is 10.1 Å². The third-order valence-electron chi connectivity index (χ3n) is 2.81. The molecule has 0 aromatic heterocycles. The molecule has 2 rings (SSSR count). The van der Waals surface area contributed by atoms with Gasteiger partial charge in [-0.3, -0.25) is 0 Å². The number of methoxy groups -OCH3 is 1. The van der Waals surface area contributed by atoms with Gasteiger partial charge in [0, 0.05) is 17.8 Å². The average molecular weight is 191 g/mol. The third-order valence-corrected chi connectivity index (χ3v) is 2.81. The summed E-state index contributed by atoms with van der Waals surface area (Å²) in [4.78, 5) is 0. The molecule has 2 heteroatoms. The lowest BCUT2D eigenvalue weighted by Gasteiger charge is -2.15. The van der Waals surface area contributed by atoms with E-state index >= 15 is 0 Å². The summed E-state index contributed by atoms with van der Waals surface area (Å²) in [7, 11) is 1.76. The van der Waals surface area contributed by atoms with Crippen molar-refractivity contribution in [2.24, 2.45) is 0 Å². The van der Waals surface area contributed by atoms with Gasteiger partial charge in [-0.2, -0.15) is 0 Å². The highest BCUT2D eigenvalue weighted by atomic mass is 16.5. The number of nitrogens with one attached hydrogen (secondary N) is 1. The molecule has 1 aromatic rings. The van der Waals surface area contributed by atoms with Gasteiger partial charge in [-0.1, -0.05) is 19.9 Å². The fourth-order valence-electron chi connectivity index (χ4n) is 2.08. The Hall–Kier alpha value is -1.18. The molecule has 1 heterocycles. The van der Waals surface area contributed by atoms with Gasteiger partial charge in [0.15, 0.2) is 0 Å². The molecule has 0 amide bonds. The molecule has 0 aliphatic carbocycles. The first-order valence-corrected chi connectivity index (χ1v) is 5.17. The van der Waals surface area contributed by atoms with E-state index in [1.165, 1.54) is 16.8 Å². The van der Waals surface area contributed by atoms with Crippen molar-refractivity contribution < 1.29 is 4.74 Å². The second kappa shape index (κ2) is 3.52. The zero-order valence-corrected chi connectivity index (χ0v) is 9.05. The first kappa shape index (κ1) is 9.38. The normalized spacial score (nSPS) is 14.0. The van der Waals surface area contributed by atoms with E-state index in [1.54, 1.807) is 7.11 Å². The number of hydrogen-bond donors (Lipinski definition) is 1. The molecule has 0 saturated carbocycles. The summed E-state index contributed by atoms with van der Waals surface area (Å²) in [5.74, 6) is 1.61. The fourth-order valence-corrected chi connectivity index (χ4v) is 2.08. The highest BCUT2D eigenvalue weighted by Gasteiger charge is 2.19. The Bertz CT molecular complexity index is 344. The number of hydrogen-bond acceptors (Lipinski definition) is 2. The van der Waals surface area contributed by atoms with E-state index in [9.17, 15) is 0 Å². The van der Waals surface area contributed by atoms with E-state index < -0.39 is 0 Å². The van der Waals surface area contributed by atoms with Crippen LogP contribution in [0.4, 0.5) is 5.69 Å². The summed E-state index contributed by atoms with van der Waals surface area (Å²) in [5.41, 5.74) is 3.90. The molecule has 1 aliphatic heterocycles. The molecular weight excluding hydrogens is 174 g/mol. The Balaban J connectivity index is 2.54. The number of anilines is 1. The zero-order valence-electron chi connectivity index (χ0n) is 9.05. The summed E-state index contributed by atoms with van der Waals surface area (Å²) < 4.78 is 5.51. The van der Waals surface area contributed by atoms with E-state index in [2.05, 4.69) is 31.3 Å². The molecule has 0 bridgehead atoms. The summed E-state index contributed by atoms with van der Waals surface area (Å²) in [6.07, 6.45) is 1.08. The van der Waals surface area contributed by atoms with Crippen LogP contribution in [-0.4, -0.2) is 13.7 Å². The number of fused-ring (bicyclic) bond motifs is 1. The van der Waals surface area contributed by atoms with Crippen molar-refractivity contribution >= 4 is 5.69 Å². The molecule has 1 N–H and O–H groups in total. The number of rotatable bonds is 2. The largest absolute Gasteiger partial charge is 0.496 e. The lowest BCUT2D eigenvalue weighted by molar-refractivity contribution is 0.404. The average Bonchev–Trinajstić information content (AvgIpc) is 2.63. The van der Waals surface area contributed by atoms with Crippen molar-refractivity contribution in [1.29, 1.82) is 0 Å². The van der Waals surface area contributed by atoms with E-state index in [1.807, 2.05) is 0 Å². The molecule has 0 radical (unpaired) electrons. The number of ether oxygens (including phenoxy) is 1. The molecular formula is C12H17NO. The van der Waals surface area contributed by atoms with Gasteiger partial charge in [0.05, 0.1) is 7.11 Å². The topological polar surface area (TPSA) is 21.3 Å². The van der Waals surface area contributed by atoms with E-state index in [4.69, 9.17) is 4.74 Å². The third kappa shape index (κ3) is 1.35. The van der Waals surface area contributed by atoms with Crippen LogP contribution in [0.25, 0.3) is 0 Å². The predicted molar refractivity (Wildman–Crippen MR) is 59.3 cm³/mol. The van der Waals surface area contributed by atoms with Gasteiger partial charge in [0.1, 0.15) is 5.75 Å². The van der Waals surface area contributed by atoms with Crippen molar-refractivity contribution in [3.63, 3.8) is 0 Å². The summed E-state index contributed by atoms with van der Waals surface area (Å²) in [6, 6.07) is 4.33. The van der Waals surface area contributed by atoms with Crippen molar-refractivity contribution in [3.05, 3.63) is 23.3 Å². The fraction of sp³-hybridized carbons (Fsp3) is 0.500. The highest BCUT2D eigenvalue weighted by molar-refractivity contribution is 5.64. The van der Waals surface area contributed by atoms with Crippen molar-refractivity contribution in [3.8, 4) is 5.75 Å². The van der Waals surface area contributed by atoms with Crippen molar-refractivity contribution in [1.82, 2.24) is 0 Å². The minimum Gasteiger partial charge on any atom is -0.496 e. The van der Waals surface area contributed by atoms with Gasteiger partial charge >= 0.3 is 0 Å². The molecule has 1 aliphatic rings. The van der Waals surface area contributed by atoms with E-state index in [0.29, 0.717) is 5.92 Å². The second-order valence-corrected chi connectivity index (χ2v) is 4.05. The van der Waals surface area contributed by atoms with E-state index in [-0.39, 0.29) is 0 Å². The SMILES string of the molecule is COc1c(C(C)C)ccc2c1CCN2. The predicted octanol–water partition coefficient (Wildman–Crippen LogP) is 2.79. The van der Waals surface area contributed by atoms with Gasteiger partial charge in [-0.05, 0) is 24.0 Å². The Labute approximate surface area is 85.3 Å². The molecule has 14 heavy (non-hydrogen) atoms. The molecule has 0 saturated heterocycles. The van der Waals surface area contributed by atoms with Crippen molar-refractivity contribution in [2.45, 2.75) is 26.2 Å². The van der Waals surface area contributed by atoms with Gasteiger partial charge in [0.25, 0.3) is 0 Å². The van der Waals surface area contributed by atoms with Gasteiger partial charge in [-0.15, -0.1) is 0 Å². The second-order valence-electron chi connectivity index (χ2n) is 4.05. The standard InChI is InChI=1S/C12H17NO/c1-8(2)9-4-5-11-10(6-7-13-11)12(9)14-3/h4-5,8,13H,6-7H2,1-3H3. The molecule has 1 aromatic carbocycles. The summed E-state index contributed by atoms with van der Waals surface area (Å²) in [6.45, 7) is 5.44. The maximum Gasteiger partial charge on any atom is 0.127 e. The Morgan fingerprint density at radius 2 is 2.14 bits per heavy atom. The highest BCUT2D eigenvalue weighted by Crippen LogP contribution is 2.37. The summed E-state index contributed by atoms with van der Waals surface area (Å²) >= 11 is 0. The van der Waals surface area contributed by atoms with Crippen LogP contribution >= 0.6 is 0 Å². The molecule has 0 unspecified atom stereocenters. The van der Waals surface area contributed by atoms with Crippen LogP contribution in [0, 0.1) is 0 Å². The zero-order chi connectivity index (χ0) is 10.1. The lowest BCUT2D eigenvalue weighted by Crippen LogP contribution is -1.97. The Morgan fingerprint density at radius 1 is 1.36 bits per heavy atom. The quantitative estimate of drug-likeness (QED) is 0.776. The molecule has 0 fully saturated rings. The Morgan fingerprint density at radius 3 is 2.79 bits per heavy atom. The van der Waals surface area contributed by atoms with Crippen LogP contribution in [0.15, 0.2) is 12.1 Å². The molecule has 76 valence electrons. The first-order valence-electron chi connectivity index (χ1n) is 5.17. The van der Waals surface area contributed by atoms with Crippen LogP contribution in [0.2, 0.25) is 0 Å². The van der Waals surface area contributed by atoms with Crippen LogP contribution in [0.1, 0.15) is 30.9 Å². The van der Waals surface area contributed by atoms with Crippen LogP contribution in [0.3, 0.4) is 0 Å².